The summed E-state index contributed by atoms with van der Waals surface area (Å²) < 4.78 is 32.4. The molecule has 6 nitrogen and oxygen atoms in total. The molecule has 0 heterocycles. The molecular formula is C18H25BrN2O4S. The third-order valence-electron chi connectivity index (χ3n) is 4.21. The molecule has 8 heteroatoms. The number of carbonyl (C=O) groups excluding carboxylic acids is 1. The summed E-state index contributed by atoms with van der Waals surface area (Å²) in [4.78, 5) is 12.5. The van der Waals surface area contributed by atoms with Crippen molar-refractivity contribution in [2.45, 2.75) is 37.0 Å². The summed E-state index contributed by atoms with van der Waals surface area (Å²) in [6.45, 7) is 0.991. The zero-order valence-corrected chi connectivity index (χ0v) is 17.3. The van der Waals surface area contributed by atoms with Crippen LogP contribution in [-0.4, -0.2) is 41.1 Å². The Kier molecular flexibility index (Phi) is 8.27. The summed E-state index contributed by atoms with van der Waals surface area (Å²) in [6.07, 6.45) is 7.75. The van der Waals surface area contributed by atoms with Gasteiger partial charge in [0.25, 0.3) is 5.91 Å². The Morgan fingerprint density at radius 3 is 2.77 bits per heavy atom. The zero-order valence-electron chi connectivity index (χ0n) is 14.9. The molecular weight excluding hydrogens is 420 g/mol. The number of rotatable bonds is 9. The van der Waals surface area contributed by atoms with Gasteiger partial charge in [0, 0.05) is 24.7 Å². The summed E-state index contributed by atoms with van der Waals surface area (Å²) in [6, 6.07) is 4.42. The molecule has 0 radical (unpaired) electrons. The van der Waals surface area contributed by atoms with E-state index < -0.39 is 10.0 Å². The van der Waals surface area contributed by atoms with Crippen LogP contribution in [0.3, 0.4) is 0 Å². The number of amides is 1. The van der Waals surface area contributed by atoms with E-state index in [0.717, 1.165) is 19.3 Å². The molecule has 1 aromatic rings. The number of ether oxygens (including phenoxy) is 1. The van der Waals surface area contributed by atoms with Gasteiger partial charge in [-0.05, 0) is 66.2 Å². The topological polar surface area (TPSA) is 84.5 Å². The lowest BCUT2D eigenvalue weighted by Crippen LogP contribution is -2.28. The second kappa shape index (κ2) is 10.2. The van der Waals surface area contributed by atoms with Gasteiger partial charge in [0.15, 0.2) is 0 Å². The molecule has 2 rings (SSSR count). The average Bonchev–Trinajstić information content (AvgIpc) is 2.63. The van der Waals surface area contributed by atoms with Gasteiger partial charge in [-0.15, -0.1) is 0 Å². The Labute approximate surface area is 163 Å². The lowest BCUT2D eigenvalue weighted by Gasteiger charge is -2.14. The summed E-state index contributed by atoms with van der Waals surface area (Å²) in [5.74, 6) is -0.290. The average molecular weight is 445 g/mol. The van der Waals surface area contributed by atoms with Crippen LogP contribution in [0, 0.1) is 0 Å². The van der Waals surface area contributed by atoms with Gasteiger partial charge in [-0.2, -0.15) is 0 Å². The molecule has 0 atom stereocenters. The van der Waals surface area contributed by atoms with Crippen LogP contribution in [0.5, 0.6) is 0 Å². The maximum atomic E-state index is 12.5. The molecule has 0 bridgehead atoms. The Morgan fingerprint density at radius 2 is 2.08 bits per heavy atom. The smallest absolute Gasteiger partial charge is 0.252 e. The fourth-order valence-electron chi connectivity index (χ4n) is 2.77. The molecule has 26 heavy (non-hydrogen) atoms. The molecule has 0 spiro atoms. The molecule has 1 aliphatic carbocycles. The molecule has 1 aromatic carbocycles. The lowest BCUT2D eigenvalue weighted by molar-refractivity contribution is 0.0953. The molecule has 0 aliphatic heterocycles. The number of methoxy groups -OCH3 is 1. The van der Waals surface area contributed by atoms with Crippen LogP contribution in [0.15, 0.2) is 39.2 Å². The fraction of sp³-hybridized carbons (Fsp3) is 0.500. The van der Waals surface area contributed by atoms with Crippen LogP contribution in [0.25, 0.3) is 0 Å². The monoisotopic (exact) mass is 444 g/mol. The van der Waals surface area contributed by atoms with Crippen molar-refractivity contribution in [1.29, 1.82) is 0 Å². The van der Waals surface area contributed by atoms with E-state index in [1.807, 2.05) is 0 Å². The predicted octanol–water partition coefficient (Wildman–Crippen LogP) is 2.99. The highest BCUT2D eigenvalue weighted by molar-refractivity contribution is 9.10. The van der Waals surface area contributed by atoms with Crippen LogP contribution >= 0.6 is 15.9 Å². The molecule has 0 saturated heterocycles. The van der Waals surface area contributed by atoms with Crippen molar-refractivity contribution in [2.24, 2.45) is 0 Å². The van der Waals surface area contributed by atoms with E-state index in [-0.39, 0.29) is 24.0 Å². The highest BCUT2D eigenvalue weighted by Crippen LogP contribution is 2.22. The number of allylic oxidation sites excluding steroid dienone is 1. The molecule has 1 amide bonds. The van der Waals surface area contributed by atoms with Crippen LogP contribution in [0.2, 0.25) is 0 Å². The van der Waals surface area contributed by atoms with E-state index in [1.165, 1.54) is 37.7 Å². The van der Waals surface area contributed by atoms with Crippen LogP contribution < -0.4 is 10.0 Å². The largest absolute Gasteiger partial charge is 0.383 e. The maximum absolute atomic E-state index is 12.5. The van der Waals surface area contributed by atoms with Crippen molar-refractivity contribution in [1.82, 2.24) is 10.0 Å². The van der Waals surface area contributed by atoms with E-state index in [4.69, 9.17) is 4.74 Å². The summed E-state index contributed by atoms with van der Waals surface area (Å²) in [5, 5.41) is 2.87. The highest BCUT2D eigenvalue weighted by atomic mass is 79.9. The first-order chi connectivity index (χ1) is 12.4. The zero-order chi connectivity index (χ0) is 19.0. The maximum Gasteiger partial charge on any atom is 0.252 e. The predicted molar refractivity (Wildman–Crippen MR) is 105 cm³/mol. The number of carbonyl (C=O) groups is 1. The van der Waals surface area contributed by atoms with Gasteiger partial charge < -0.3 is 10.1 Å². The van der Waals surface area contributed by atoms with Crippen molar-refractivity contribution in [2.75, 3.05) is 26.8 Å². The molecule has 0 aromatic heterocycles. The number of nitrogens with one attached hydrogen (secondary N) is 2. The second-order valence-corrected chi connectivity index (χ2v) is 8.77. The van der Waals surface area contributed by atoms with Crippen molar-refractivity contribution >= 4 is 31.9 Å². The third-order valence-corrected chi connectivity index (χ3v) is 6.36. The molecule has 2 N–H and O–H groups in total. The molecule has 0 fully saturated rings. The minimum absolute atomic E-state index is 0.0527. The highest BCUT2D eigenvalue weighted by Gasteiger charge is 2.18. The standard InChI is InChI=1S/C18H25BrN2O4S/c1-25-12-11-21-26(23,24)15-7-8-17(19)16(13-15)18(22)20-10-9-14-5-3-2-4-6-14/h5,7-8,13,21H,2-4,6,9-12H2,1H3,(H,20,22). The Bertz CT molecular complexity index is 762. The van der Waals surface area contributed by atoms with Crippen molar-refractivity contribution < 1.29 is 17.9 Å². The molecule has 1 aliphatic rings. The Hall–Kier alpha value is -1.22. The van der Waals surface area contributed by atoms with Crippen molar-refractivity contribution in [3.63, 3.8) is 0 Å². The number of hydrogen-bond acceptors (Lipinski definition) is 4. The van der Waals surface area contributed by atoms with Gasteiger partial charge in [-0.3, -0.25) is 4.79 Å². The number of benzene rings is 1. The van der Waals surface area contributed by atoms with Gasteiger partial charge in [-0.25, -0.2) is 13.1 Å². The first-order valence-corrected chi connectivity index (χ1v) is 11.0. The van der Waals surface area contributed by atoms with E-state index in [1.54, 1.807) is 6.07 Å². The van der Waals surface area contributed by atoms with E-state index in [0.29, 0.717) is 16.6 Å². The minimum Gasteiger partial charge on any atom is -0.383 e. The minimum atomic E-state index is -3.68. The summed E-state index contributed by atoms with van der Waals surface area (Å²) in [7, 11) is -2.18. The fourth-order valence-corrected chi connectivity index (χ4v) is 4.24. The number of hydrogen-bond donors (Lipinski definition) is 2. The second-order valence-electron chi connectivity index (χ2n) is 6.15. The van der Waals surface area contributed by atoms with E-state index in [2.05, 4.69) is 32.0 Å². The Balaban J connectivity index is 2.01. The van der Waals surface area contributed by atoms with E-state index >= 15 is 0 Å². The quantitative estimate of drug-likeness (QED) is 0.452. The lowest BCUT2D eigenvalue weighted by atomic mass is 9.97. The van der Waals surface area contributed by atoms with E-state index in [9.17, 15) is 13.2 Å². The molecule has 144 valence electrons. The van der Waals surface area contributed by atoms with Crippen LogP contribution in [-0.2, 0) is 14.8 Å². The SMILES string of the molecule is COCCNS(=O)(=O)c1ccc(Br)c(C(=O)NCCC2=CCCCC2)c1. The first-order valence-electron chi connectivity index (χ1n) is 8.68. The normalized spacial score (nSPS) is 14.8. The van der Waals surface area contributed by atoms with Crippen LogP contribution in [0.4, 0.5) is 0 Å². The summed E-state index contributed by atoms with van der Waals surface area (Å²) in [5.41, 5.74) is 1.69. The number of halogens is 1. The van der Waals surface area contributed by atoms with Gasteiger partial charge in [0.05, 0.1) is 17.1 Å². The van der Waals surface area contributed by atoms with Crippen molar-refractivity contribution in [3.05, 3.63) is 39.9 Å². The summed E-state index contributed by atoms with van der Waals surface area (Å²) >= 11 is 3.32. The van der Waals surface area contributed by atoms with Gasteiger partial charge in [0.1, 0.15) is 0 Å². The van der Waals surface area contributed by atoms with Gasteiger partial charge >= 0.3 is 0 Å². The van der Waals surface area contributed by atoms with Crippen molar-refractivity contribution in [3.8, 4) is 0 Å². The first kappa shape index (κ1) is 21.1. The van der Waals surface area contributed by atoms with Gasteiger partial charge in [0.2, 0.25) is 10.0 Å². The number of sulfonamides is 1. The molecule has 0 saturated carbocycles. The Morgan fingerprint density at radius 1 is 1.27 bits per heavy atom. The third kappa shape index (κ3) is 6.19. The van der Waals surface area contributed by atoms with Gasteiger partial charge in [-0.1, -0.05) is 11.6 Å². The van der Waals surface area contributed by atoms with Crippen LogP contribution in [0.1, 0.15) is 42.5 Å². The molecule has 0 unspecified atom stereocenters.